The lowest BCUT2D eigenvalue weighted by molar-refractivity contribution is 0.590. The van der Waals surface area contributed by atoms with Crippen LogP contribution in [0.25, 0.3) is 18.2 Å². The molecular formula is C75H89P3S. The molecule has 0 spiro atoms. The Bertz CT molecular complexity index is 2920. The van der Waals surface area contributed by atoms with Crippen LogP contribution in [0.15, 0.2) is 281 Å². The van der Waals surface area contributed by atoms with Gasteiger partial charge >= 0.3 is 0 Å². The fourth-order valence-electron chi connectivity index (χ4n) is 7.42. The quantitative estimate of drug-likeness (QED) is 0.103. The van der Waals surface area contributed by atoms with E-state index in [9.17, 15) is 0 Å². The summed E-state index contributed by atoms with van der Waals surface area (Å²) in [5.74, 6) is 0. The van der Waals surface area contributed by atoms with Crippen molar-refractivity contribution in [3.63, 3.8) is 0 Å². The second kappa shape index (κ2) is 38.8. The number of aryl methyl sites for hydroxylation is 2. The molecule has 0 unspecified atom stereocenters. The zero-order valence-corrected chi connectivity index (χ0v) is 52.7. The van der Waals surface area contributed by atoms with Crippen molar-refractivity contribution < 1.29 is 1.43 Å². The molecular weight excluding hydrogens is 1030 g/mol. The first-order valence-electron chi connectivity index (χ1n) is 27.0. The van der Waals surface area contributed by atoms with Crippen LogP contribution in [0.3, 0.4) is 0 Å². The van der Waals surface area contributed by atoms with E-state index in [-0.39, 0.29) is 12.3 Å². The van der Waals surface area contributed by atoms with Crippen molar-refractivity contribution in [2.45, 2.75) is 87.0 Å². The summed E-state index contributed by atoms with van der Waals surface area (Å²) in [5.41, 5.74) is 9.47. The van der Waals surface area contributed by atoms with Crippen LogP contribution >= 0.6 is 23.9 Å². The SMILES string of the molecule is C=CC.C=Cc1ccc(C(C)(C)C)cc1.C=Cc1ccc(P(c2ccccc2)c2ccccc2)cc1.C=Cc1ccccc1.CC.Cc1ccc(C(C)(C)C)cc1.Cc1ccc(P(c2ccccc2)c2ccccc2)cc1.P=S.[2HH]. The maximum atomic E-state index is 3.89. The lowest BCUT2D eigenvalue weighted by Crippen LogP contribution is -2.20. The third-order valence-corrected chi connectivity index (χ3v) is 16.6. The minimum absolute atomic E-state index is 0. The lowest BCUT2D eigenvalue weighted by atomic mass is 9.87. The van der Waals surface area contributed by atoms with Gasteiger partial charge < -0.3 is 0 Å². The van der Waals surface area contributed by atoms with E-state index >= 15 is 0 Å². The van der Waals surface area contributed by atoms with Crippen molar-refractivity contribution in [1.82, 2.24) is 0 Å². The first-order valence-corrected chi connectivity index (χ1v) is 31.3. The van der Waals surface area contributed by atoms with Gasteiger partial charge in [0.25, 0.3) is 0 Å². The predicted octanol–water partition coefficient (Wildman–Crippen LogP) is 20.1. The molecule has 0 bridgehead atoms. The molecule has 0 amide bonds. The second-order valence-corrected chi connectivity index (χ2v) is 24.3. The maximum Gasteiger partial charge on any atom is 0 e. The van der Waals surface area contributed by atoms with E-state index in [2.05, 4.69) is 320 Å². The molecule has 0 aliphatic rings. The van der Waals surface area contributed by atoms with E-state index in [0.29, 0.717) is 0 Å². The van der Waals surface area contributed by atoms with Crippen molar-refractivity contribution in [3.05, 3.63) is 320 Å². The Morgan fingerprint density at radius 2 is 0.519 bits per heavy atom. The summed E-state index contributed by atoms with van der Waals surface area (Å²) in [5, 5.41) is 8.33. The van der Waals surface area contributed by atoms with Gasteiger partial charge in [0.1, 0.15) is 0 Å². The number of benzene rings is 9. The third-order valence-electron chi connectivity index (χ3n) is 11.7. The molecule has 0 atom stereocenters. The van der Waals surface area contributed by atoms with Crippen molar-refractivity contribution >= 4 is 85.7 Å². The van der Waals surface area contributed by atoms with Crippen LogP contribution in [0.1, 0.15) is 103 Å². The van der Waals surface area contributed by atoms with Crippen LogP contribution in [0.4, 0.5) is 0 Å². The Balaban J connectivity index is 0.000000502. The topological polar surface area (TPSA) is 0 Å². The van der Waals surface area contributed by atoms with Crippen LogP contribution in [0.2, 0.25) is 0 Å². The fourth-order valence-corrected chi connectivity index (χ4v) is 12.0. The van der Waals surface area contributed by atoms with E-state index in [1.807, 2.05) is 69.3 Å². The molecule has 0 aromatic heterocycles. The van der Waals surface area contributed by atoms with Gasteiger partial charge in [-0.15, -0.1) is 6.58 Å². The molecule has 9 aromatic rings. The molecule has 9 aromatic carbocycles. The van der Waals surface area contributed by atoms with Gasteiger partial charge in [-0.2, -0.15) is 0 Å². The second-order valence-electron chi connectivity index (χ2n) is 19.9. The van der Waals surface area contributed by atoms with Gasteiger partial charge in [-0.1, -0.05) is 371 Å². The van der Waals surface area contributed by atoms with Crippen LogP contribution < -0.4 is 31.8 Å². The van der Waals surface area contributed by atoms with E-state index < -0.39 is 15.8 Å². The fraction of sp³-hybridized carbons (Fsp3) is 0.173. The molecule has 0 aliphatic heterocycles. The molecule has 0 radical (unpaired) electrons. The third kappa shape index (κ3) is 25.8. The first kappa shape index (κ1) is 68.4. The van der Waals surface area contributed by atoms with Crippen molar-refractivity contribution in [1.29, 1.82) is 0 Å². The highest BCUT2D eigenvalue weighted by molar-refractivity contribution is 7.88. The summed E-state index contributed by atoms with van der Waals surface area (Å²) in [4.78, 5) is 0. The lowest BCUT2D eigenvalue weighted by Gasteiger charge is -2.19. The van der Waals surface area contributed by atoms with Crippen LogP contribution in [0, 0.1) is 13.8 Å². The Labute approximate surface area is 491 Å². The molecule has 0 saturated carbocycles. The Hall–Kier alpha value is -6.68. The van der Waals surface area contributed by atoms with Gasteiger partial charge in [0.15, 0.2) is 0 Å². The summed E-state index contributed by atoms with van der Waals surface area (Å²) >= 11 is 3.89. The van der Waals surface area contributed by atoms with E-state index in [1.165, 1.54) is 65.2 Å². The highest BCUT2D eigenvalue weighted by Gasteiger charge is 2.17. The van der Waals surface area contributed by atoms with E-state index in [4.69, 9.17) is 0 Å². The van der Waals surface area contributed by atoms with Gasteiger partial charge in [0.2, 0.25) is 0 Å². The van der Waals surface area contributed by atoms with Crippen LogP contribution in [-0.2, 0) is 22.6 Å². The normalized spacial score (nSPS) is 9.99. The zero-order valence-electron chi connectivity index (χ0n) is 49.1. The Morgan fingerprint density at radius 3 is 0.759 bits per heavy atom. The molecule has 9 rings (SSSR count). The number of rotatable bonds is 9. The molecule has 79 heavy (non-hydrogen) atoms. The molecule has 0 aliphatic carbocycles. The highest BCUT2D eigenvalue weighted by atomic mass is 32.4. The standard InChI is InChI=1S/C20H17P.C19H17P.C12H16.C11H16.C8H8.C3H6.C2H6.HPS.H2/c1-2-17-13-15-20(16-14-17)21(18-9-5-3-6-10-18)19-11-7-4-8-12-19;1-16-12-14-19(15-13-16)20(17-8-4-2-5-9-17)18-10-6-3-7-11-18;1-5-10-6-8-11(9-7-10)12(2,3)4;1-9-5-7-10(8-6-9)11(2,3)4;1-2-8-6-4-3-5-7-8;1-3-2;2*1-2;/h2-16H,1H2;2-15H,1H3;5-9H,1H2,2-4H3;5-8H,1-4H3;2-7H,1H2;3H,1H2,2H3;1-2H3;1H;1H/i;;;;;;;;1+1. The van der Waals surface area contributed by atoms with Gasteiger partial charge in [0, 0.05) is 1.43 Å². The summed E-state index contributed by atoms with van der Waals surface area (Å²) in [6.45, 7) is 38.0. The number of hydrogen-bond donors (Lipinski definition) is 0. The van der Waals surface area contributed by atoms with Crippen LogP contribution in [0.5, 0.6) is 0 Å². The minimum atomic E-state index is -0.498. The average molecular weight is 1120 g/mol. The molecule has 0 fully saturated rings. The minimum Gasteiger partial charge on any atom is -0.103 e. The van der Waals surface area contributed by atoms with Crippen molar-refractivity contribution in [3.8, 4) is 0 Å². The van der Waals surface area contributed by atoms with E-state index in [1.54, 1.807) is 6.08 Å². The summed E-state index contributed by atoms with van der Waals surface area (Å²) in [6, 6.07) is 88.1. The summed E-state index contributed by atoms with van der Waals surface area (Å²) in [7, 11) is 1.60. The molecule has 410 valence electrons. The van der Waals surface area contributed by atoms with Crippen LogP contribution in [-0.4, -0.2) is 0 Å². The smallest absolute Gasteiger partial charge is 0 e. The van der Waals surface area contributed by atoms with Gasteiger partial charge in [-0.05, 0) is 115 Å². The molecule has 0 nitrogen and oxygen atoms in total. The first-order chi connectivity index (χ1) is 38.1. The molecule has 0 saturated heterocycles. The molecule has 0 heterocycles. The Morgan fingerprint density at radius 1 is 0.329 bits per heavy atom. The molecule has 4 heteroatoms. The summed E-state index contributed by atoms with van der Waals surface area (Å²) in [6.07, 6.45) is 7.34. The number of allylic oxidation sites excluding steroid dienone is 1. The van der Waals surface area contributed by atoms with Crippen molar-refractivity contribution in [2.75, 3.05) is 0 Å². The monoisotopic (exact) mass is 1120 g/mol. The maximum absolute atomic E-state index is 3.89. The van der Waals surface area contributed by atoms with Crippen molar-refractivity contribution in [2.24, 2.45) is 0 Å². The summed E-state index contributed by atoms with van der Waals surface area (Å²) < 4.78 is 0. The largest absolute Gasteiger partial charge is 0.103 e. The Kier molecular flexibility index (Phi) is 33.6. The highest BCUT2D eigenvalue weighted by Crippen LogP contribution is 2.34. The predicted molar refractivity (Wildman–Crippen MR) is 372 cm³/mol. The molecule has 0 N–H and O–H groups in total. The van der Waals surface area contributed by atoms with Gasteiger partial charge in [-0.3, -0.25) is 0 Å². The zero-order chi connectivity index (χ0) is 58.5. The number of hydrogen-bond acceptors (Lipinski definition) is 1. The van der Waals surface area contributed by atoms with Gasteiger partial charge in [0.05, 0.1) is 0 Å². The van der Waals surface area contributed by atoms with Gasteiger partial charge in [-0.25, -0.2) is 0 Å². The average Bonchev–Trinajstić information content (AvgIpc) is 3.49. The van der Waals surface area contributed by atoms with E-state index in [0.717, 1.165) is 5.56 Å².